The van der Waals surface area contributed by atoms with Crippen LogP contribution in [-0.2, 0) is 36.9 Å². The Balaban J connectivity index is 1.31. The van der Waals surface area contributed by atoms with Crippen LogP contribution in [0.5, 0.6) is 17.2 Å². The summed E-state index contributed by atoms with van der Waals surface area (Å²) in [5, 5.41) is 54.1. The van der Waals surface area contributed by atoms with Crippen LogP contribution < -0.4 is 20.3 Å². The number of amides is 1. The number of H-pyrrole nitrogens is 1. The maximum atomic E-state index is 14.8. The van der Waals surface area contributed by atoms with Crippen LogP contribution in [0.1, 0.15) is 75.5 Å². The lowest BCUT2D eigenvalue weighted by Gasteiger charge is -2.38. The fourth-order valence-electron chi connectivity index (χ4n) is 9.81. The van der Waals surface area contributed by atoms with Crippen molar-refractivity contribution in [3.05, 3.63) is 88.9 Å². The van der Waals surface area contributed by atoms with Crippen LogP contribution in [0.15, 0.2) is 66.6 Å². The maximum absolute atomic E-state index is 14.8. The second-order valence-electron chi connectivity index (χ2n) is 19.0. The van der Waals surface area contributed by atoms with E-state index >= 15 is 0 Å². The number of hydrogen-bond donors (Lipinski definition) is 7. The number of allylic oxidation sites excluding steroid dienone is 2. The third-order valence-corrected chi connectivity index (χ3v) is 14.2. The first-order valence-corrected chi connectivity index (χ1v) is 23.4. The highest BCUT2D eigenvalue weighted by molar-refractivity contribution is 6.29. The number of benzene rings is 3. The Morgan fingerprint density at radius 1 is 0.912 bits per heavy atom. The quantitative estimate of drug-likeness (QED) is 0.0771. The van der Waals surface area contributed by atoms with Crippen molar-refractivity contribution in [3.63, 3.8) is 0 Å². The number of rotatable bonds is 7. The van der Waals surface area contributed by atoms with E-state index in [1.165, 1.54) is 32.9 Å². The van der Waals surface area contributed by atoms with Crippen LogP contribution in [-0.4, -0.2) is 119 Å². The van der Waals surface area contributed by atoms with Gasteiger partial charge in [-0.25, -0.2) is 0 Å². The Hall–Kier alpha value is -5.91. The van der Waals surface area contributed by atoms with Gasteiger partial charge in [0.15, 0.2) is 5.75 Å². The molecule has 1 amide bonds. The predicted octanol–water partition coefficient (Wildman–Crippen LogP) is 6.57. The molecule has 16 heteroatoms. The first kappa shape index (κ1) is 50.0. The number of phenolic OH excluding ortho intramolecular Hbond substituents is 2. The molecule has 1 aromatic heterocycles. The number of Topliss-reactive ketones (excluding diaryl/α,β-unsaturated/α-hetero) is 1. The number of anilines is 2. The zero-order valence-electron chi connectivity index (χ0n) is 40.7. The number of piperazine rings is 1. The molecule has 3 aromatic carbocycles. The van der Waals surface area contributed by atoms with E-state index < -0.39 is 77.3 Å². The number of aromatic nitrogens is 1. The van der Waals surface area contributed by atoms with E-state index in [0.29, 0.717) is 23.0 Å². The minimum Gasteiger partial charge on any atom is -0.507 e. The smallest absolute Gasteiger partial charge is 0.312 e. The van der Waals surface area contributed by atoms with E-state index in [2.05, 4.69) is 56.7 Å². The van der Waals surface area contributed by atoms with E-state index in [1.54, 1.807) is 72.0 Å². The normalized spacial score (nSPS) is 29.4. The van der Waals surface area contributed by atoms with Gasteiger partial charge >= 0.3 is 11.8 Å². The summed E-state index contributed by atoms with van der Waals surface area (Å²) in [7, 11) is 3.60. The summed E-state index contributed by atoms with van der Waals surface area (Å²) in [5.74, 6) is -6.85. The molecule has 9 atom stereocenters. The second kappa shape index (κ2) is 20.4. The third-order valence-electron chi connectivity index (χ3n) is 14.2. The Morgan fingerprint density at radius 2 is 1.60 bits per heavy atom. The molecule has 0 spiro atoms. The highest BCUT2D eigenvalue weighted by atomic mass is 16.7. The fraction of sp³-hybridized carbons (Fsp3) is 0.481. The van der Waals surface area contributed by atoms with E-state index in [4.69, 9.17) is 18.9 Å². The summed E-state index contributed by atoms with van der Waals surface area (Å²) in [5.41, 5.74) is 3.74. The van der Waals surface area contributed by atoms with Crippen LogP contribution in [0.3, 0.4) is 0 Å². The zero-order chi connectivity index (χ0) is 49.4. The molecule has 68 heavy (non-hydrogen) atoms. The van der Waals surface area contributed by atoms with Gasteiger partial charge in [-0.05, 0) is 50.2 Å². The molecule has 3 aliphatic rings. The molecular formula is C52H67N5O11. The molecule has 0 radical (unpaired) electrons. The molecular weight excluding hydrogens is 871 g/mol. The summed E-state index contributed by atoms with van der Waals surface area (Å²) in [6.45, 7) is 17.7. The Morgan fingerprint density at radius 3 is 2.26 bits per heavy atom. The van der Waals surface area contributed by atoms with Gasteiger partial charge in [-0.15, -0.1) is 0 Å². The minimum atomic E-state index is -1.96. The van der Waals surface area contributed by atoms with E-state index in [1.807, 2.05) is 0 Å². The van der Waals surface area contributed by atoms with Gasteiger partial charge in [-0.3, -0.25) is 14.4 Å². The minimum absolute atomic E-state index is 0.0220. The number of nitrogens with zero attached hydrogens (tertiary/aromatic N) is 2. The van der Waals surface area contributed by atoms with Gasteiger partial charge in [0.2, 0.25) is 0 Å². The van der Waals surface area contributed by atoms with Gasteiger partial charge in [0.1, 0.15) is 17.6 Å². The van der Waals surface area contributed by atoms with Crippen molar-refractivity contribution in [1.29, 1.82) is 0 Å². The van der Waals surface area contributed by atoms with Crippen molar-refractivity contribution in [1.82, 2.24) is 15.2 Å². The highest BCUT2D eigenvalue weighted by Crippen LogP contribution is 2.54. The number of carbonyl (C=O) groups is 3. The number of aromatic hydroxyl groups is 2. The lowest BCUT2D eigenvalue weighted by Crippen LogP contribution is -2.46. The van der Waals surface area contributed by atoms with Gasteiger partial charge in [0.25, 0.3) is 11.7 Å². The van der Waals surface area contributed by atoms with E-state index in [-0.39, 0.29) is 51.2 Å². The van der Waals surface area contributed by atoms with Gasteiger partial charge in [0, 0.05) is 118 Å². The number of carbonyl (C=O) groups excluding carboxylic acids is 3. The highest BCUT2D eigenvalue weighted by Gasteiger charge is 2.49. The lowest BCUT2D eigenvalue weighted by molar-refractivity contribution is -0.160. The van der Waals surface area contributed by atoms with Crippen molar-refractivity contribution < 1.29 is 53.8 Å². The summed E-state index contributed by atoms with van der Waals surface area (Å²) in [6, 6.07) is 8.44. The maximum Gasteiger partial charge on any atom is 0.312 e. The summed E-state index contributed by atoms with van der Waals surface area (Å²) in [4.78, 5) is 49.3. The number of fused-ring (bicyclic) bond motifs is 1. The molecule has 366 valence electrons. The summed E-state index contributed by atoms with van der Waals surface area (Å²) >= 11 is 0. The van der Waals surface area contributed by atoms with Crippen LogP contribution in [0.25, 0.3) is 21.7 Å². The molecule has 16 nitrogen and oxygen atoms in total. The van der Waals surface area contributed by atoms with Crippen molar-refractivity contribution in [2.24, 2.45) is 23.7 Å². The molecule has 4 heterocycles. The largest absolute Gasteiger partial charge is 0.507 e. The van der Waals surface area contributed by atoms with Crippen LogP contribution >= 0.6 is 0 Å². The van der Waals surface area contributed by atoms with Crippen LogP contribution in [0.2, 0.25) is 0 Å². The number of ketones is 1. The van der Waals surface area contributed by atoms with Gasteiger partial charge < -0.3 is 64.8 Å². The SMILES string of the molecule is CO[C@H]1/C=C/O[C@@]2(C)Oc3c(C)c(O)c4c(O)c(c5c(CNCc6ccc(N7CCN(C)CC7)cc6)c[nH]c5c4c3C2=O)NC(=O)/C(C)=C\C=C\[C@H](C)[C@H](O)[C@@H](C)[C@@H](O)[C@@H](C)[C@H](OC(C)=O)[C@@H]1C. The molecule has 4 bridgehead atoms. The average molecular weight is 938 g/mol. The second-order valence-corrected chi connectivity index (χ2v) is 19.0. The average Bonchev–Trinajstić information content (AvgIpc) is 3.85. The molecule has 7 rings (SSSR count). The van der Waals surface area contributed by atoms with Crippen molar-refractivity contribution in [3.8, 4) is 17.2 Å². The summed E-state index contributed by atoms with van der Waals surface area (Å²) < 4.78 is 24.1. The molecule has 0 unspecified atom stereocenters. The van der Waals surface area contributed by atoms with Crippen molar-refractivity contribution in [2.45, 2.75) is 98.7 Å². The predicted molar refractivity (Wildman–Crippen MR) is 261 cm³/mol. The number of hydrogen-bond acceptors (Lipinski definition) is 14. The third kappa shape index (κ3) is 9.70. The molecule has 1 fully saturated rings. The van der Waals surface area contributed by atoms with E-state index in [0.717, 1.165) is 31.7 Å². The zero-order valence-corrected chi connectivity index (χ0v) is 40.7. The topological polar surface area (TPSA) is 215 Å². The molecule has 0 saturated carbocycles. The van der Waals surface area contributed by atoms with Crippen molar-refractivity contribution in [2.75, 3.05) is 50.6 Å². The molecule has 7 N–H and O–H groups in total. The van der Waals surface area contributed by atoms with Crippen molar-refractivity contribution >= 4 is 50.7 Å². The number of nitrogens with one attached hydrogen (secondary N) is 3. The van der Waals surface area contributed by atoms with Crippen LogP contribution in [0.4, 0.5) is 11.4 Å². The first-order valence-electron chi connectivity index (χ1n) is 23.4. The Bertz CT molecular complexity index is 2630. The number of aliphatic hydroxyl groups excluding tert-OH is 2. The number of aromatic amines is 1. The van der Waals surface area contributed by atoms with Crippen LogP contribution in [0, 0.1) is 30.6 Å². The first-order chi connectivity index (χ1) is 32.3. The number of phenols is 2. The van der Waals surface area contributed by atoms with E-state index in [9.17, 15) is 34.8 Å². The molecule has 1 saturated heterocycles. The standard InChI is InChI=1S/C52H67N5O11/c1-27-12-11-13-28(2)51(64)55-43-38-35(25-53-24-34-14-16-36(17-15-34)57-21-19-56(9)20-22-57)26-54-42(38)39-40(47(43)62)46(61)32(6)49-41(39)50(63)52(8,68-49)66-23-18-37(65-10)29(3)48(67-33(7)58)31(5)45(60)30(4)44(27)59/h11-18,23,26-27,29-31,37,44-45,48,53-54,59-62H,19-22,24-25H2,1-10H3,(H,55,64)/b12-11+,23-18+,28-13-/t27-,29+,30+,31+,37-,44-,45+,48+,52-/m0/s1. The fourth-order valence-corrected chi connectivity index (χ4v) is 9.81. The monoisotopic (exact) mass is 937 g/mol. The number of esters is 1. The van der Waals surface area contributed by atoms with Gasteiger partial charge in [-0.1, -0.05) is 58.1 Å². The Labute approximate surface area is 397 Å². The number of methoxy groups -OCH3 is 1. The number of ether oxygens (including phenoxy) is 4. The molecule has 3 aliphatic heterocycles. The summed E-state index contributed by atoms with van der Waals surface area (Å²) in [6.07, 6.45) is 5.70. The molecule has 4 aromatic rings. The Kier molecular flexibility index (Phi) is 15.0. The number of aliphatic hydroxyl groups is 2. The van der Waals surface area contributed by atoms with Gasteiger partial charge in [0.05, 0.1) is 46.7 Å². The molecule has 0 aliphatic carbocycles. The number of likely N-dealkylation sites (N-methyl/N-ethyl adjacent to an activating group) is 1. The van der Waals surface area contributed by atoms with Gasteiger partial charge in [-0.2, -0.15) is 0 Å². The lowest BCUT2D eigenvalue weighted by atomic mass is 9.78.